The summed E-state index contributed by atoms with van der Waals surface area (Å²) in [5, 5.41) is 9.20. The minimum atomic E-state index is -0.217. The largest absolute Gasteiger partial charge is 0.508 e. The van der Waals surface area contributed by atoms with Gasteiger partial charge in [-0.05, 0) is 29.8 Å². The molecule has 0 fully saturated rings. The van der Waals surface area contributed by atoms with Crippen molar-refractivity contribution >= 4 is 5.78 Å². The summed E-state index contributed by atoms with van der Waals surface area (Å²) in [6.45, 7) is 0. The first kappa shape index (κ1) is 9.52. The van der Waals surface area contributed by atoms with Crippen LogP contribution in [0, 0.1) is 6.42 Å². The Bertz CT molecular complexity index is 457. The summed E-state index contributed by atoms with van der Waals surface area (Å²) in [7, 11) is 0. The molecule has 0 unspecified atom stereocenters. The first-order valence-electron chi connectivity index (χ1n) is 4.47. The summed E-state index contributed by atoms with van der Waals surface area (Å²) in [6, 6.07) is 9.73. The molecule has 1 N–H and O–H groups in total. The third-order valence-corrected chi connectivity index (χ3v) is 1.93. The molecule has 0 atom stereocenters. The number of Topliss-reactive ketones (excluding diaryl/α,β-unsaturated/α-hetero) is 1. The van der Waals surface area contributed by atoms with E-state index in [1.165, 1.54) is 18.8 Å². The van der Waals surface area contributed by atoms with Crippen LogP contribution in [0.15, 0.2) is 47.1 Å². The summed E-state index contributed by atoms with van der Waals surface area (Å²) in [4.78, 5) is 11.6. The summed E-state index contributed by atoms with van der Waals surface area (Å²) in [6.07, 6.45) is 2.86. The van der Waals surface area contributed by atoms with Gasteiger partial charge >= 0.3 is 0 Å². The van der Waals surface area contributed by atoms with Crippen molar-refractivity contribution in [1.29, 1.82) is 0 Å². The number of hydrogen-bond donors (Lipinski definition) is 1. The molecule has 3 nitrogen and oxygen atoms in total. The van der Waals surface area contributed by atoms with Gasteiger partial charge in [-0.1, -0.05) is 12.1 Å². The lowest BCUT2D eigenvalue weighted by atomic mass is 10.1. The van der Waals surface area contributed by atoms with E-state index in [1.807, 2.05) is 0 Å². The second kappa shape index (κ2) is 4.00. The van der Waals surface area contributed by atoms with Crippen LogP contribution in [0.5, 0.6) is 5.75 Å². The predicted octanol–water partition coefficient (Wildman–Crippen LogP) is 2.42. The molecule has 0 saturated heterocycles. The fraction of sp³-hybridized carbons (Fsp3) is 0. The molecule has 1 aromatic carbocycles. The highest BCUT2D eigenvalue weighted by molar-refractivity contribution is 6.02. The maximum atomic E-state index is 11.6. The van der Waals surface area contributed by atoms with Crippen molar-refractivity contribution in [3.8, 4) is 5.75 Å². The SMILES string of the molecule is O=C([CH]c1cccc(O)c1)c1ccco1. The Morgan fingerprint density at radius 2 is 2.13 bits per heavy atom. The Kier molecular flexibility index (Phi) is 2.54. The number of rotatable bonds is 3. The molecular weight excluding hydrogens is 192 g/mol. The van der Waals surface area contributed by atoms with E-state index in [1.54, 1.807) is 30.3 Å². The molecule has 0 bridgehead atoms. The molecule has 2 aromatic rings. The number of hydrogen-bond acceptors (Lipinski definition) is 3. The minimum Gasteiger partial charge on any atom is -0.508 e. The third kappa shape index (κ3) is 2.26. The van der Waals surface area contributed by atoms with E-state index >= 15 is 0 Å². The Morgan fingerprint density at radius 1 is 1.27 bits per heavy atom. The van der Waals surface area contributed by atoms with Gasteiger partial charge < -0.3 is 9.52 Å². The van der Waals surface area contributed by atoms with E-state index in [9.17, 15) is 9.90 Å². The van der Waals surface area contributed by atoms with Crippen LogP contribution in [-0.4, -0.2) is 10.9 Å². The topological polar surface area (TPSA) is 50.4 Å². The van der Waals surface area contributed by atoms with Crippen molar-refractivity contribution in [3.63, 3.8) is 0 Å². The molecule has 75 valence electrons. The number of benzene rings is 1. The van der Waals surface area contributed by atoms with E-state index in [0.29, 0.717) is 11.3 Å². The zero-order valence-electron chi connectivity index (χ0n) is 7.88. The van der Waals surface area contributed by atoms with E-state index < -0.39 is 0 Å². The van der Waals surface area contributed by atoms with Gasteiger partial charge in [-0.3, -0.25) is 4.79 Å². The lowest BCUT2D eigenvalue weighted by Gasteiger charge is -1.98. The summed E-state index contributed by atoms with van der Waals surface area (Å²) in [5.74, 6) is 0.208. The van der Waals surface area contributed by atoms with Crippen LogP contribution in [0.2, 0.25) is 0 Å². The maximum Gasteiger partial charge on any atom is 0.206 e. The average Bonchev–Trinajstić information content (AvgIpc) is 2.70. The molecule has 3 heteroatoms. The van der Waals surface area contributed by atoms with Crippen molar-refractivity contribution in [2.45, 2.75) is 0 Å². The Hall–Kier alpha value is -2.03. The van der Waals surface area contributed by atoms with E-state index in [0.717, 1.165) is 0 Å². The molecule has 0 aliphatic heterocycles. The van der Waals surface area contributed by atoms with E-state index in [4.69, 9.17) is 4.42 Å². The second-order valence-electron chi connectivity index (χ2n) is 3.08. The number of furan rings is 1. The predicted molar refractivity (Wildman–Crippen MR) is 54.5 cm³/mol. The van der Waals surface area contributed by atoms with Crippen LogP contribution in [-0.2, 0) is 0 Å². The van der Waals surface area contributed by atoms with Crippen molar-refractivity contribution < 1.29 is 14.3 Å². The average molecular weight is 201 g/mol. The molecule has 1 heterocycles. The lowest BCUT2D eigenvalue weighted by Crippen LogP contribution is -1.98. The fourth-order valence-corrected chi connectivity index (χ4v) is 1.26. The summed E-state index contributed by atoms with van der Waals surface area (Å²) in [5.41, 5.74) is 0.649. The first-order chi connectivity index (χ1) is 7.25. The number of carbonyl (C=O) groups excluding carboxylic acids is 1. The summed E-state index contributed by atoms with van der Waals surface area (Å²) < 4.78 is 4.95. The maximum absolute atomic E-state index is 11.6. The summed E-state index contributed by atoms with van der Waals surface area (Å²) >= 11 is 0. The smallest absolute Gasteiger partial charge is 0.206 e. The molecule has 15 heavy (non-hydrogen) atoms. The van der Waals surface area contributed by atoms with Crippen LogP contribution in [0.25, 0.3) is 0 Å². The van der Waals surface area contributed by atoms with Gasteiger partial charge in [0.05, 0.1) is 12.7 Å². The number of ketones is 1. The number of carbonyl (C=O) groups is 1. The highest BCUT2D eigenvalue weighted by Gasteiger charge is 2.10. The van der Waals surface area contributed by atoms with Crippen molar-refractivity contribution in [1.82, 2.24) is 0 Å². The Labute approximate surface area is 87.0 Å². The lowest BCUT2D eigenvalue weighted by molar-refractivity contribution is 0.100. The molecule has 1 radical (unpaired) electrons. The van der Waals surface area contributed by atoms with Gasteiger partial charge in [-0.15, -0.1) is 0 Å². The molecule has 2 rings (SSSR count). The normalized spacial score (nSPS) is 10.1. The third-order valence-electron chi connectivity index (χ3n) is 1.93. The van der Waals surface area contributed by atoms with Gasteiger partial charge in [-0.2, -0.15) is 0 Å². The first-order valence-corrected chi connectivity index (χ1v) is 4.47. The number of phenols is 1. The van der Waals surface area contributed by atoms with Gasteiger partial charge in [0.25, 0.3) is 0 Å². The van der Waals surface area contributed by atoms with Crippen LogP contribution >= 0.6 is 0 Å². The molecule has 0 spiro atoms. The van der Waals surface area contributed by atoms with Crippen LogP contribution in [0.4, 0.5) is 0 Å². The highest BCUT2D eigenvalue weighted by Crippen LogP contribution is 2.15. The van der Waals surface area contributed by atoms with E-state index in [2.05, 4.69) is 0 Å². The van der Waals surface area contributed by atoms with Gasteiger partial charge in [0.1, 0.15) is 5.75 Å². The van der Waals surface area contributed by atoms with Crippen LogP contribution in [0.1, 0.15) is 16.1 Å². The van der Waals surface area contributed by atoms with Crippen molar-refractivity contribution in [2.75, 3.05) is 0 Å². The molecule has 0 amide bonds. The Balaban J connectivity index is 2.13. The highest BCUT2D eigenvalue weighted by atomic mass is 16.3. The number of aromatic hydroxyl groups is 1. The molecule has 0 aliphatic carbocycles. The molecule has 0 saturated carbocycles. The van der Waals surface area contributed by atoms with E-state index in [-0.39, 0.29) is 11.5 Å². The zero-order chi connectivity index (χ0) is 10.7. The minimum absolute atomic E-state index is 0.135. The standard InChI is InChI=1S/C12H9O3/c13-10-4-1-3-9(7-10)8-11(14)12-5-2-6-15-12/h1-8,13H. The zero-order valence-corrected chi connectivity index (χ0v) is 7.88. The molecule has 0 aliphatic rings. The van der Waals surface area contributed by atoms with Gasteiger partial charge in [0.15, 0.2) is 5.76 Å². The second-order valence-corrected chi connectivity index (χ2v) is 3.08. The van der Waals surface area contributed by atoms with Crippen molar-refractivity contribution in [2.24, 2.45) is 0 Å². The quantitative estimate of drug-likeness (QED) is 0.776. The van der Waals surface area contributed by atoms with Gasteiger partial charge in [0.2, 0.25) is 5.78 Å². The van der Waals surface area contributed by atoms with Crippen LogP contribution in [0.3, 0.4) is 0 Å². The Morgan fingerprint density at radius 3 is 2.80 bits per heavy atom. The molecule has 1 aromatic heterocycles. The van der Waals surface area contributed by atoms with Crippen molar-refractivity contribution in [3.05, 3.63) is 60.4 Å². The monoisotopic (exact) mass is 201 g/mol. The van der Waals surface area contributed by atoms with Crippen LogP contribution < -0.4 is 0 Å². The number of phenolic OH excluding ortho intramolecular Hbond substituents is 1. The molecular formula is C12H9O3. The fourth-order valence-electron chi connectivity index (χ4n) is 1.26. The van der Waals surface area contributed by atoms with Gasteiger partial charge in [-0.25, -0.2) is 0 Å². The van der Waals surface area contributed by atoms with Gasteiger partial charge in [0, 0.05) is 0 Å².